The quantitative estimate of drug-likeness (QED) is 0.638. The Morgan fingerprint density at radius 2 is 1.82 bits per heavy atom. The van der Waals surface area contributed by atoms with Gasteiger partial charge in [0.1, 0.15) is 5.75 Å². The number of benzene rings is 1. The van der Waals surface area contributed by atoms with Gasteiger partial charge in [0.2, 0.25) is 17.7 Å². The first-order chi connectivity index (χ1) is 15.9. The van der Waals surface area contributed by atoms with E-state index >= 15 is 0 Å². The Balaban J connectivity index is 1.62. The summed E-state index contributed by atoms with van der Waals surface area (Å²) in [7, 11) is 1.55. The number of aliphatic hydroxyl groups is 1. The summed E-state index contributed by atoms with van der Waals surface area (Å²) in [6, 6.07) is 7.20. The third-order valence-electron chi connectivity index (χ3n) is 7.97. The molecule has 7 nitrogen and oxygen atoms in total. The summed E-state index contributed by atoms with van der Waals surface area (Å²) in [5, 5.41) is 10.2. The number of hydrogen-bond donors (Lipinski definition) is 1. The number of para-hydroxylation sites is 1. The maximum Gasteiger partial charge on any atom is 0.241 e. The lowest BCUT2D eigenvalue weighted by Gasteiger charge is -2.36. The molecule has 3 fully saturated rings. The molecular weight excluding hydrogens is 420 g/mol. The average Bonchev–Trinajstić information content (AvgIpc) is 3.45. The van der Waals surface area contributed by atoms with Crippen LogP contribution in [-0.2, 0) is 19.8 Å². The molecule has 1 aromatic rings. The van der Waals surface area contributed by atoms with Gasteiger partial charge in [0.25, 0.3) is 0 Å². The summed E-state index contributed by atoms with van der Waals surface area (Å²) < 4.78 is 5.57. The van der Waals surface area contributed by atoms with E-state index in [9.17, 15) is 19.5 Å². The van der Waals surface area contributed by atoms with Crippen LogP contribution in [0.4, 0.5) is 0 Å². The molecule has 1 aliphatic carbocycles. The third-order valence-corrected chi connectivity index (χ3v) is 7.97. The SMILES string of the molecule is CC[C@@H](O)C1CCN(C(=O)C[C@]2(c3ccccc3OC)CC(=O)N(C3CCCC3)C2=O)CC1. The normalized spacial score (nSPS) is 25.7. The van der Waals surface area contributed by atoms with E-state index in [1.807, 2.05) is 25.1 Å². The molecule has 0 spiro atoms. The lowest BCUT2D eigenvalue weighted by atomic mass is 9.75. The highest BCUT2D eigenvalue weighted by atomic mass is 16.5. The number of amides is 3. The molecule has 2 aliphatic heterocycles. The number of likely N-dealkylation sites (tertiary alicyclic amines) is 2. The summed E-state index contributed by atoms with van der Waals surface area (Å²) in [5.74, 6) is 0.183. The Morgan fingerprint density at radius 1 is 1.15 bits per heavy atom. The predicted octanol–water partition coefficient (Wildman–Crippen LogP) is 3.03. The Kier molecular flexibility index (Phi) is 7.07. The van der Waals surface area contributed by atoms with Gasteiger partial charge in [0, 0.05) is 37.5 Å². The first kappa shape index (κ1) is 23.7. The molecule has 1 saturated carbocycles. The number of ether oxygens (including phenoxy) is 1. The number of carbonyl (C=O) groups is 3. The number of rotatable bonds is 7. The fourth-order valence-electron chi connectivity index (χ4n) is 6.02. The minimum atomic E-state index is -1.23. The summed E-state index contributed by atoms with van der Waals surface area (Å²) in [6.45, 7) is 3.10. The van der Waals surface area contributed by atoms with Crippen LogP contribution in [0.2, 0.25) is 0 Å². The van der Waals surface area contributed by atoms with E-state index in [0.717, 1.165) is 38.5 Å². The molecule has 3 aliphatic rings. The van der Waals surface area contributed by atoms with Crippen LogP contribution in [-0.4, -0.2) is 65.0 Å². The number of nitrogens with zero attached hydrogens (tertiary/aromatic N) is 2. The van der Waals surface area contributed by atoms with Crippen molar-refractivity contribution in [2.75, 3.05) is 20.2 Å². The highest BCUT2D eigenvalue weighted by molar-refractivity contribution is 6.11. The summed E-state index contributed by atoms with van der Waals surface area (Å²) in [5.41, 5.74) is -0.612. The zero-order valence-electron chi connectivity index (χ0n) is 19.8. The van der Waals surface area contributed by atoms with Crippen LogP contribution in [0.15, 0.2) is 24.3 Å². The molecule has 0 aromatic heterocycles. The summed E-state index contributed by atoms with van der Waals surface area (Å²) >= 11 is 0. The molecule has 7 heteroatoms. The van der Waals surface area contributed by atoms with Crippen LogP contribution in [0.5, 0.6) is 5.75 Å². The highest BCUT2D eigenvalue weighted by Gasteiger charge is 2.57. The molecule has 1 N–H and O–H groups in total. The fraction of sp³-hybridized carbons (Fsp3) is 0.654. The van der Waals surface area contributed by atoms with Gasteiger partial charge in [0.05, 0.1) is 18.6 Å². The van der Waals surface area contributed by atoms with Gasteiger partial charge in [0.15, 0.2) is 0 Å². The second-order valence-electron chi connectivity index (χ2n) is 9.84. The van der Waals surface area contributed by atoms with Crippen molar-refractivity contribution in [2.45, 2.75) is 82.3 Å². The van der Waals surface area contributed by atoms with E-state index in [0.29, 0.717) is 30.8 Å². The molecule has 0 unspecified atom stereocenters. The van der Waals surface area contributed by atoms with E-state index in [4.69, 9.17) is 4.74 Å². The molecule has 2 heterocycles. The van der Waals surface area contributed by atoms with Gasteiger partial charge in [-0.3, -0.25) is 19.3 Å². The number of methoxy groups -OCH3 is 1. The van der Waals surface area contributed by atoms with Gasteiger partial charge < -0.3 is 14.7 Å². The first-order valence-corrected chi connectivity index (χ1v) is 12.4. The Labute approximate surface area is 196 Å². The standard InChI is InChI=1S/C26H36N2O5/c1-3-21(29)18-12-14-27(15-13-18)23(30)16-26(20-10-6-7-11-22(20)33-2)17-24(31)28(25(26)32)19-8-4-5-9-19/h6-7,10-11,18-19,21,29H,3-5,8-9,12-17H2,1-2H3/t21-,26-/m1/s1. The van der Waals surface area contributed by atoms with Crippen molar-refractivity contribution < 1.29 is 24.2 Å². The van der Waals surface area contributed by atoms with E-state index in [1.54, 1.807) is 18.1 Å². The van der Waals surface area contributed by atoms with Crippen molar-refractivity contribution >= 4 is 17.7 Å². The van der Waals surface area contributed by atoms with E-state index in [1.165, 1.54) is 4.90 Å². The van der Waals surface area contributed by atoms with Crippen molar-refractivity contribution in [3.05, 3.63) is 29.8 Å². The Morgan fingerprint density at radius 3 is 2.45 bits per heavy atom. The minimum absolute atomic E-state index is 0.000535. The molecule has 180 valence electrons. The maximum atomic E-state index is 13.9. The lowest BCUT2D eigenvalue weighted by molar-refractivity contribution is -0.145. The number of imide groups is 1. The molecule has 0 bridgehead atoms. The Bertz CT molecular complexity index is 888. The van der Waals surface area contributed by atoms with Crippen LogP contribution >= 0.6 is 0 Å². The molecule has 1 aromatic carbocycles. The van der Waals surface area contributed by atoms with E-state index in [-0.39, 0.29) is 48.6 Å². The Hall–Kier alpha value is -2.41. The zero-order valence-corrected chi connectivity index (χ0v) is 19.8. The third kappa shape index (κ3) is 4.39. The van der Waals surface area contributed by atoms with Gasteiger partial charge in [-0.25, -0.2) is 0 Å². The van der Waals surface area contributed by atoms with Crippen molar-refractivity contribution in [2.24, 2.45) is 5.92 Å². The molecule has 2 atom stereocenters. The second-order valence-corrected chi connectivity index (χ2v) is 9.84. The minimum Gasteiger partial charge on any atom is -0.496 e. The van der Waals surface area contributed by atoms with Crippen molar-refractivity contribution in [1.29, 1.82) is 0 Å². The van der Waals surface area contributed by atoms with Crippen LogP contribution in [0, 0.1) is 5.92 Å². The number of carbonyl (C=O) groups excluding carboxylic acids is 3. The number of hydrogen-bond acceptors (Lipinski definition) is 5. The second kappa shape index (κ2) is 9.84. The van der Waals surface area contributed by atoms with Crippen molar-refractivity contribution in [1.82, 2.24) is 9.80 Å². The maximum absolute atomic E-state index is 13.9. The topological polar surface area (TPSA) is 87.2 Å². The van der Waals surface area contributed by atoms with Gasteiger partial charge >= 0.3 is 0 Å². The van der Waals surface area contributed by atoms with Crippen LogP contribution < -0.4 is 4.74 Å². The highest BCUT2D eigenvalue weighted by Crippen LogP contribution is 2.46. The van der Waals surface area contributed by atoms with E-state index < -0.39 is 5.41 Å². The molecular formula is C26H36N2O5. The smallest absolute Gasteiger partial charge is 0.241 e. The van der Waals surface area contributed by atoms with Crippen LogP contribution in [0.1, 0.15) is 70.3 Å². The monoisotopic (exact) mass is 456 g/mol. The van der Waals surface area contributed by atoms with Crippen LogP contribution in [0.25, 0.3) is 0 Å². The molecule has 0 radical (unpaired) electrons. The predicted molar refractivity (Wildman–Crippen MR) is 124 cm³/mol. The van der Waals surface area contributed by atoms with Gasteiger partial charge in [-0.2, -0.15) is 0 Å². The lowest BCUT2D eigenvalue weighted by Crippen LogP contribution is -2.47. The fourth-order valence-corrected chi connectivity index (χ4v) is 6.02. The average molecular weight is 457 g/mol. The number of piperidine rings is 1. The molecule has 3 amide bonds. The summed E-state index contributed by atoms with van der Waals surface area (Å²) in [6.07, 6.45) is 5.54. The summed E-state index contributed by atoms with van der Waals surface area (Å²) in [4.78, 5) is 43.9. The zero-order chi connectivity index (χ0) is 23.6. The van der Waals surface area contributed by atoms with Gasteiger partial charge in [-0.1, -0.05) is 38.0 Å². The van der Waals surface area contributed by atoms with Crippen molar-refractivity contribution in [3.63, 3.8) is 0 Å². The first-order valence-electron chi connectivity index (χ1n) is 12.4. The number of aliphatic hydroxyl groups excluding tert-OH is 1. The molecule has 2 saturated heterocycles. The van der Waals surface area contributed by atoms with Gasteiger partial charge in [-0.05, 0) is 44.1 Å². The van der Waals surface area contributed by atoms with E-state index in [2.05, 4.69) is 0 Å². The molecule has 4 rings (SSSR count). The molecule has 33 heavy (non-hydrogen) atoms. The van der Waals surface area contributed by atoms with Gasteiger partial charge in [-0.15, -0.1) is 0 Å². The van der Waals surface area contributed by atoms with Crippen LogP contribution in [0.3, 0.4) is 0 Å². The largest absolute Gasteiger partial charge is 0.496 e. The van der Waals surface area contributed by atoms with Crippen molar-refractivity contribution in [3.8, 4) is 5.75 Å².